The Labute approximate surface area is 129 Å². The van der Waals surface area contributed by atoms with Gasteiger partial charge in [0.05, 0.1) is 11.8 Å². The third-order valence-electron chi connectivity index (χ3n) is 4.36. The quantitative estimate of drug-likeness (QED) is 0.910. The normalized spacial score (nSPS) is 22.2. The molecule has 3 atom stereocenters. The maximum Gasteiger partial charge on any atom is 0.307 e. The number of benzene rings is 1. The Morgan fingerprint density at radius 2 is 1.86 bits per heavy atom. The van der Waals surface area contributed by atoms with Gasteiger partial charge in [-0.2, -0.15) is 0 Å². The van der Waals surface area contributed by atoms with Crippen LogP contribution in [0, 0.1) is 11.8 Å². The van der Waals surface area contributed by atoms with E-state index in [1.807, 2.05) is 31.2 Å². The Balaban J connectivity index is 1.95. The second-order valence-electron chi connectivity index (χ2n) is 5.76. The first-order chi connectivity index (χ1) is 9.90. The van der Waals surface area contributed by atoms with Crippen LogP contribution in [0.4, 0.5) is 0 Å². The Morgan fingerprint density at radius 1 is 1.29 bits per heavy atom. The van der Waals surface area contributed by atoms with E-state index in [1.165, 1.54) is 0 Å². The topological polar surface area (TPSA) is 57.6 Å². The zero-order valence-corrected chi connectivity index (χ0v) is 13.0. The lowest BCUT2D eigenvalue weighted by atomic mass is 9.73. The van der Waals surface area contributed by atoms with Crippen molar-refractivity contribution in [3.8, 4) is 0 Å². The van der Waals surface area contributed by atoms with Crippen molar-refractivity contribution in [3.05, 3.63) is 34.9 Å². The molecule has 1 amide bonds. The second kappa shape index (κ2) is 6.48. The number of hydrogen-bond donors (Lipinski definition) is 1. The Bertz CT molecular complexity index is 529. The van der Waals surface area contributed by atoms with Gasteiger partial charge >= 0.3 is 5.97 Å². The summed E-state index contributed by atoms with van der Waals surface area (Å²) in [5, 5.41) is 9.74. The van der Waals surface area contributed by atoms with Crippen LogP contribution in [-0.4, -0.2) is 35.0 Å². The lowest BCUT2D eigenvalue weighted by molar-refractivity contribution is -0.156. The lowest BCUT2D eigenvalue weighted by Gasteiger charge is -2.37. The van der Waals surface area contributed by atoms with Crippen LogP contribution in [-0.2, 0) is 16.0 Å². The van der Waals surface area contributed by atoms with Crippen molar-refractivity contribution in [1.82, 2.24) is 4.90 Å². The molecule has 3 unspecified atom stereocenters. The molecule has 1 saturated carbocycles. The molecule has 0 aromatic heterocycles. The van der Waals surface area contributed by atoms with Gasteiger partial charge in [-0.05, 0) is 43.9 Å². The number of hydrogen-bond acceptors (Lipinski definition) is 2. The van der Waals surface area contributed by atoms with Gasteiger partial charge in [0.15, 0.2) is 0 Å². The highest BCUT2D eigenvalue weighted by molar-refractivity contribution is 6.30. The summed E-state index contributed by atoms with van der Waals surface area (Å²) >= 11 is 5.85. The predicted octanol–water partition coefficient (Wildman–Crippen LogP) is 2.84. The number of carbonyl (C=O) groups excluding carboxylic acids is 1. The van der Waals surface area contributed by atoms with E-state index in [9.17, 15) is 9.59 Å². The fourth-order valence-corrected chi connectivity index (χ4v) is 2.79. The summed E-state index contributed by atoms with van der Waals surface area (Å²) in [4.78, 5) is 25.1. The van der Waals surface area contributed by atoms with E-state index < -0.39 is 11.9 Å². The van der Waals surface area contributed by atoms with Gasteiger partial charge in [0.25, 0.3) is 0 Å². The molecular weight excluding hydrogens is 290 g/mol. The van der Waals surface area contributed by atoms with Crippen LogP contribution in [0.15, 0.2) is 24.3 Å². The van der Waals surface area contributed by atoms with Crippen molar-refractivity contribution < 1.29 is 14.7 Å². The highest BCUT2D eigenvalue weighted by Gasteiger charge is 2.43. The number of aliphatic carboxylic acids is 1. The third-order valence-corrected chi connectivity index (χ3v) is 4.61. The number of amides is 1. The fraction of sp³-hybridized carbons (Fsp3) is 0.500. The maximum atomic E-state index is 12.4. The van der Waals surface area contributed by atoms with Gasteiger partial charge < -0.3 is 10.0 Å². The molecule has 4 nitrogen and oxygen atoms in total. The minimum Gasteiger partial charge on any atom is -0.481 e. The molecule has 5 heteroatoms. The summed E-state index contributed by atoms with van der Waals surface area (Å²) in [6, 6.07) is 7.57. The second-order valence-corrected chi connectivity index (χ2v) is 6.19. The fourth-order valence-electron chi connectivity index (χ4n) is 2.67. The van der Waals surface area contributed by atoms with Gasteiger partial charge in [0.1, 0.15) is 0 Å². The molecule has 1 N–H and O–H groups in total. The number of halogens is 1. The number of carboxylic acid groups (broad SMARTS) is 1. The average Bonchev–Trinajstić information content (AvgIpc) is 2.38. The Kier molecular flexibility index (Phi) is 4.88. The van der Waals surface area contributed by atoms with Crippen LogP contribution in [0.25, 0.3) is 0 Å². The van der Waals surface area contributed by atoms with Gasteiger partial charge in [-0.3, -0.25) is 9.59 Å². The highest BCUT2D eigenvalue weighted by Crippen LogP contribution is 2.36. The number of likely N-dealkylation sites (N-methyl/N-ethyl adjacent to an activating group) is 1. The van der Waals surface area contributed by atoms with Crippen molar-refractivity contribution in [2.24, 2.45) is 11.8 Å². The minimum atomic E-state index is -0.863. The molecule has 1 aromatic carbocycles. The van der Waals surface area contributed by atoms with Crippen LogP contribution < -0.4 is 0 Å². The van der Waals surface area contributed by atoms with Crippen molar-refractivity contribution in [3.63, 3.8) is 0 Å². The molecule has 0 saturated heterocycles. The first-order valence-corrected chi connectivity index (χ1v) is 7.52. The lowest BCUT2D eigenvalue weighted by Crippen LogP contribution is -2.47. The first-order valence-electron chi connectivity index (χ1n) is 7.14. The van der Waals surface area contributed by atoms with E-state index in [4.69, 9.17) is 16.7 Å². The molecule has 114 valence electrons. The molecule has 2 rings (SSSR count). The molecule has 1 aromatic rings. The largest absolute Gasteiger partial charge is 0.481 e. The smallest absolute Gasteiger partial charge is 0.307 e. The van der Waals surface area contributed by atoms with E-state index in [0.717, 1.165) is 12.0 Å². The molecule has 0 spiro atoms. The summed E-state index contributed by atoms with van der Waals surface area (Å²) in [5.74, 6) is -1.80. The van der Waals surface area contributed by atoms with Crippen LogP contribution in [0.1, 0.15) is 25.3 Å². The number of nitrogens with zero attached hydrogens (tertiary/aromatic N) is 1. The molecule has 1 aliphatic carbocycles. The van der Waals surface area contributed by atoms with E-state index in [-0.39, 0.29) is 17.9 Å². The molecule has 0 bridgehead atoms. The molecule has 0 aliphatic heterocycles. The predicted molar refractivity (Wildman–Crippen MR) is 81.2 cm³/mol. The van der Waals surface area contributed by atoms with Crippen molar-refractivity contribution in [2.75, 3.05) is 7.05 Å². The van der Waals surface area contributed by atoms with Crippen LogP contribution in [0.2, 0.25) is 5.02 Å². The average molecular weight is 310 g/mol. The molecule has 0 heterocycles. The van der Waals surface area contributed by atoms with Gasteiger partial charge in [-0.15, -0.1) is 0 Å². The standard InChI is InChI=1S/C16H20ClNO3/c1-10(9-11-3-5-12(17)6-4-11)18(2)15(19)13-7-8-14(13)16(20)21/h3-6,10,13-14H,7-9H2,1-2H3,(H,20,21). The minimum absolute atomic E-state index is 0.0220. The van der Waals surface area contributed by atoms with Crippen molar-refractivity contribution >= 4 is 23.5 Å². The molecule has 21 heavy (non-hydrogen) atoms. The monoisotopic (exact) mass is 309 g/mol. The SMILES string of the molecule is CC(Cc1ccc(Cl)cc1)N(C)C(=O)C1CCC1C(=O)O. The number of rotatable bonds is 5. The molecule has 1 fully saturated rings. The third kappa shape index (κ3) is 3.56. The van der Waals surface area contributed by atoms with Crippen LogP contribution >= 0.6 is 11.6 Å². The van der Waals surface area contributed by atoms with Gasteiger partial charge in [-0.25, -0.2) is 0 Å². The van der Waals surface area contributed by atoms with E-state index in [0.29, 0.717) is 17.9 Å². The Morgan fingerprint density at radius 3 is 2.33 bits per heavy atom. The molecular formula is C16H20ClNO3. The first kappa shape index (κ1) is 15.8. The van der Waals surface area contributed by atoms with Crippen LogP contribution in [0.3, 0.4) is 0 Å². The van der Waals surface area contributed by atoms with E-state index >= 15 is 0 Å². The van der Waals surface area contributed by atoms with E-state index in [2.05, 4.69) is 0 Å². The van der Waals surface area contributed by atoms with E-state index in [1.54, 1.807) is 11.9 Å². The van der Waals surface area contributed by atoms with Gasteiger partial charge in [-0.1, -0.05) is 23.7 Å². The maximum absolute atomic E-state index is 12.4. The van der Waals surface area contributed by atoms with Crippen LogP contribution in [0.5, 0.6) is 0 Å². The summed E-state index contributed by atoms with van der Waals surface area (Å²) < 4.78 is 0. The summed E-state index contributed by atoms with van der Waals surface area (Å²) in [7, 11) is 1.75. The number of carboxylic acids is 1. The van der Waals surface area contributed by atoms with Gasteiger partial charge in [0.2, 0.25) is 5.91 Å². The highest BCUT2D eigenvalue weighted by atomic mass is 35.5. The molecule has 0 radical (unpaired) electrons. The summed E-state index contributed by atoms with van der Waals surface area (Å²) in [6.07, 6.45) is 2.00. The summed E-state index contributed by atoms with van der Waals surface area (Å²) in [5.41, 5.74) is 1.11. The zero-order valence-electron chi connectivity index (χ0n) is 12.3. The Hall–Kier alpha value is -1.55. The van der Waals surface area contributed by atoms with Crippen molar-refractivity contribution in [2.45, 2.75) is 32.2 Å². The summed E-state index contributed by atoms with van der Waals surface area (Å²) in [6.45, 7) is 1.97. The van der Waals surface area contributed by atoms with Crippen molar-refractivity contribution in [1.29, 1.82) is 0 Å². The number of carbonyl (C=O) groups is 2. The zero-order chi connectivity index (χ0) is 15.6. The molecule has 1 aliphatic rings. The van der Waals surface area contributed by atoms with Gasteiger partial charge in [0, 0.05) is 18.1 Å².